The maximum absolute atomic E-state index is 9.22. The zero-order valence-corrected chi connectivity index (χ0v) is 11.0. The summed E-state index contributed by atoms with van der Waals surface area (Å²) < 4.78 is 0. The van der Waals surface area contributed by atoms with Gasteiger partial charge in [-0.1, -0.05) is 11.6 Å². The van der Waals surface area contributed by atoms with Crippen molar-refractivity contribution >= 4 is 17.3 Å². The minimum absolute atomic E-state index is 0.634. The lowest BCUT2D eigenvalue weighted by molar-refractivity contribution is 0.231. The van der Waals surface area contributed by atoms with E-state index in [1.165, 1.54) is 19.4 Å². The van der Waals surface area contributed by atoms with Crippen molar-refractivity contribution in [1.29, 1.82) is 5.26 Å². The molecule has 0 N–H and O–H groups in total. The molecule has 1 aromatic rings. The Kier molecular flexibility index (Phi) is 3.15. The quantitative estimate of drug-likeness (QED) is 0.778. The summed E-state index contributed by atoms with van der Waals surface area (Å²) >= 11 is 5.95. The van der Waals surface area contributed by atoms with E-state index < -0.39 is 0 Å². The van der Waals surface area contributed by atoms with Gasteiger partial charge in [0.1, 0.15) is 6.07 Å². The fraction of sp³-hybridized carbons (Fsp3) is 0.500. The van der Waals surface area contributed by atoms with Crippen LogP contribution < -0.4 is 4.90 Å². The molecule has 1 aromatic carbocycles. The van der Waals surface area contributed by atoms with E-state index in [4.69, 9.17) is 11.6 Å². The molecular formula is C14H16ClN3. The fourth-order valence-corrected chi connectivity index (χ4v) is 3.26. The van der Waals surface area contributed by atoms with Crippen LogP contribution in [-0.4, -0.2) is 37.1 Å². The van der Waals surface area contributed by atoms with Crippen LogP contribution in [-0.2, 0) is 0 Å². The first-order chi connectivity index (χ1) is 8.78. The van der Waals surface area contributed by atoms with Crippen molar-refractivity contribution in [3.8, 4) is 6.07 Å². The van der Waals surface area contributed by atoms with Gasteiger partial charge in [-0.15, -0.1) is 0 Å². The van der Waals surface area contributed by atoms with Crippen LogP contribution in [0.1, 0.15) is 18.4 Å². The first kappa shape index (κ1) is 11.8. The average molecular weight is 262 g/mol. The predicted molar refractivity (Wildman–Crippen MR) is 73.0 cm³/mol. The monoisotopic (exact) mass is 261 g/mol. The van der Waals surface area contributed by atoms with Crippen molar-refractivity contribution in [2.24, 2.45) is 0 Å². The molecule has 2 heterocycles. The van der Waals surface area contributed by atoms with Crippen LogP contribution in [0.25, 0.3) is 0 Å². The summed E-state index contributed by atoms with van der Waals surface area (Å²) in [5.41, 5.74) is 1.72. The van der Waals surface area contributed by atoms with Crippen molar-refractivity contribution in [2.45, 2.75) is 18.9 Å². The number of rotatable bonds is 1. The summed E-state index contributed by atoms with van der Waals surface area (Å²) in [7, 11) is 0. The van der Waals surface area contributed by atoms with Crippen molar-refractivity contribution < 1.29 is 0 Å². The van der Waals surface area contributed by atoms with Gasteiger partial charge in [-0.25, -0.2) is 0 Å². The molecular weight excluding hydrogens is 246 g/mol. The van der Waals surface area contributed by atoms with Crippen LogP contribution in [0, 0.1) is 11.3 Å². The SMILES string of the molecule is N#Cc1cc(Cl)ccc1N1CCN2CCCC2C1. The average Bonchev–Trinajstić information content (AvgIpc) is 2.85. The molecule has 94 valence electrons. The normalized spacial score (nSPS) is 23.8. The number of fused-ring (bicyclic) bond motifs is 1. The molecule has 0 saturated carbocycles. The molecule has 0 radical (unpaired) electrons. The molecule has 0 spiro atoms. The van der Waals surface area contributed by atoms with E-state index in [1.54, 1.807) is 6.07 Å². The maximum Gasteiger partial charge on any atom is 0.101 e. The highest BCUT2D eigenvalue weighted by atomic mass is 35.5. The van der Waals surface area contributed by atoms with E-state index in [0.29, 0.717) is 16.6 Å². The molecule has 3 nitrogen and oxygen atoms in total. The van der Waals surface area contributed by atoms with E-state index in [9.17, 15) is 5.26 Å². The Hall–Kier alpha value is -1.24. The molecule has 2 fully saturated rings. The van der Waals surface area contributed by atoms with E-state index in [2.05, 4.69) is 15.9 Å². The molecule has 0 aliphatic carbocycles. The Labute approximate surface area is 113 Å². The van der Waals surface area contributed by atoms with Crippen molar-refractivity contribution in [3.63, 3.8) is 0 Å². The minimum Gasteiger partial charge on any atom is -0.368 e. The Balaban J connectivity index is 1.85. The second kappa shape index (κ2) is 4.79. The number of hydrogen-bond acceptors (Lipinski definition) is 3. The van der Waals surface area contributed by atoms with Gasteiger partial charge in [0.05, 0.1) is 11.3 Å². The van der Waals surface area contributed by atoms with Crippen LogP contribution in [0.15, 0.2) is 18.2 Å². The van der Waals surface area contributed by atoms with Gasteiger partial charge in [-0.2, -0.15) is 5.26 Å². The van der Waals surface area contributed by atoms with Gasteiger partial charge in [-0.3, -0.25) is 4.90 Å². The van der Waals surface area contributed by atoms with E-state index in [0.717, 1.165) is 25.3 Å². The lowest BCUT2D eigenvalue weighted by atomic mass is 10.1. The van der Waals surface area contributed by atoms with E-state index in [1.807, 2.05) is 12.1 Å². The van der Waals surface area contributed by atoms with Crippen LogP contribution >= 0.6 is 11.6 Å². The number of anilines is 1. The number of benzene rings is 1. The first-order valence-corrected chi connectivity index (χ1v) is 6.84. The summed E-state index contributed by atoms with van der Waals surface area (Å²) in [6.07, 6.45) is 2.59. The summed E-state index contributed by atoms with van der Waals surface area (Å²) in [5.74, 6) is 0. The van der Waals surface area contributed by atoms with Gasteiger partial charge in [0.25, 0.3) is 0 Å². The second-order valence-corrected chi connectivity index (χ2v) is 5.49. The van der Waals surface area contributed by atoms with E-state index in [-0.39, 0.29) is 0 Å². The molecule has 0 amide bonds. The number of hydrogen-bond donors (Lipinski definition) is 0. The number of piperazine rings is 1. The van der Waals surface area contributed by atoms with Crippen LogP contribution in [0.5, 0.6) is 0 Å². The van der Waals surface area contributed by atoms with Crippen LogP contribution in [0.2, 0.25) is 5.02 Å². The van der Waals surface area contributed by atoms with Crippen LogP contribution in [0.4, 0.5) is 5.69 Å². The summed E-state index contributed by atoms with van der Waals surface area (Å²) in [5, 5.41) is 9.85. The molecule has 0 bridgehead atoms. The topological polar surface area (TPSA) is 30.3 Å². The van der Waals surface area contributed by atoms with Crippen molar-refractivity contribution in [3.05, 3.63) is 28.8 Å². The third-order valence-electron chi connectivity index (χ3n) is 4.01. The van der Waals surface area contributed by atoms with Gasteiger partial charge >= 0.3 is 0 Å². The smallest absolute Gasteiger partial charge is 0.101 e. The highest BCUT2D eigenvalue weighted by Gasteiger charge is 2.31. The molecule has 4 heteroatoms. The first-order valence-electron chi connectivity index (χ1n) is 6.46. The second-order valence-electron chi connectivity index (χ2n) is 5.05. The van der Waals surface area contributed by atoms with Gasteiger partial charge in [0.2, 0.25) is 0 Å². The molecule has 2 aliphatic rings. The Bertz CT molecular complexity index is 494. The third kappa shape index (κ3) is 2.07. The Morgan fingerprint density at radius 1 is 1.28 bits per heavy atom. The van der Waals surface area contributed by atoms with Gasteiger partial charge < -0.3 is 4.90 Å². The molecule has 18 heavy (non-hydrogen) atoms. The molecule has 3 rings (SSSR count). The highest BCUT2D eigenvalue weighted by molar-refractivity contribution is 6.30. The molecule has 2 aliphatic heterocycles. The van der Waals surface area contributed by atoms with Gasteiger partial charge in [-0.05, 0) is 37.6 Å². The fourth-order valence-electron chi connectivity index (χ4n) is 3.08. The van der Waals surface area contributed by atoms with Gasteiger partial charge in [0.15, 0.2) is 0 Å². The van der Waals surface area contributed by atoms with Gasteiger partial charge in [0, 0.05) is 30.7 Å². The molecule has 2 saturated heterocycles. The number of nitrogens with zero attached hydrogens (tertiary/aromatic N) is 3. The zero-order chi connectivity index (χ0) is 12.5. The molecule has 1 atom stereocenters. The summed E-state index contributed by atoms with van der Waals surface area (Å²) in [4.78, 5) is 4.90. The molecule has 1 unspecified atom stereocenters. The zero-order valence-electron chi connectivity index (χ0n) is 10.3. The predicted octanol–water partition coefficient (Wildman–Crippen LogP) is 2.50. The molecule has 0 aromatic heterocycles. The summed E-state index contributed by atoms with van der Waals surface area (Å²) in [6, 6.07) is 8.53. The lowest BCUT2D eigenvalue weighted by Gasteiger charge is -2.39. The largest absolute Gasteiger partial charge is 0.368 e. The number of halogens is 1. The maximum atomic E-state index is 9.22. The van der Waals surface area contributed by atoms with Crippen molar-refractivity contribution in [1.82, 2.24) is 4.90 Å². The Morgan fingerprint density at radius 2 is 2.17 bits per heavy atom. The van der Waals surface area contributed by atoms with Crippen molar-refractivity contribution in [2.75, 3.05) is 31.1 Å². The standard InChI is InChI=1S/C14H16ClN3/c15-12-3-4-14(11(8-12)9-16)18-7-6-17-5-1-2-13(17)10-18/h3-4,8,13H,1-2,5-7,10H2. The van der Waals surface area contributed by atoms with E-state index >= 15 is 0 Å². The number of nitriles is 1. The third-order valence-corrected chi connectivity index (χ3v) is 4.24. The lowest BCUT2D eigenvalue weighted by Crippen LogP contribution is -2.50. The summed E-state index contributed by atoms with van der Waals surface area (Å²) in [6.45, 7) is 4.39. The minimum atomic E-state index is 0.634. The highest BCUT2D eigenvalue weighted by Crippen LogP contribution is 2.28. The van der Waals surface area contributed by atoms with Crippen LogP contribution in [0.3, 0.4) is 0 Å². The Morgan fingerprint density at radius 3 is 3.00 bits per heavy atom.